The molecule has 7 heteroatoms. The number of nitrogens with zero attached hydrogens (tertiary/aromatic N) is 2. The highest BCUT2D eigenvalue weighted by Crippen LogP contribution is 2.65. The number of hydrogen-bond acceptors (Lipinski definition) is 6. The molecule has 3 unspecified atom stereocenters. The van der Waals surface area contributed by atoms with Gasteiger partial charge in [0.2, 0.25) is 6.41 Å². The number of carbonyl (C=O) groups is 3. The summed E-state index contributed by atoms with van der Waals surface area (Å²) in [6.07, 6.45) is 15.7. The van der Waals surface area contributed by atoms with Gasteiger partial charge >= 0.3 is 0 Å². The Morgan fingerprint density at radius 3 is 2.30 bits per heavy atom. The highest BCUT2D eigenvalue weighted by atomic mass is 16.5. The maximum atomic E-state index is 13.2. The van der Waals surface area contributed by atoms with Gasteiger partial charge in [-0.25, -0.2) is 0 Å². The fraction of sp³-hybridized carbons (Fsp3) is 0.757. The highest BCUT2D eigenvalue weighted by Gasteiger charge is 2.59. The molecule has 0 spiro atoms. The summed E-state index contributed by atoms with van der Waals surface area (Å²) in [5.74, 6) is 0.378. The minimum atomic E-state index is -0.655. The number of rotatable bonds is 12. The molecule has 3 rings (SSSR count). The average Bonchev–Trinajstić information content (AvgIpc) is 2.98. The fourth-order valence-corrected chi connectivity index (χ4v) is 8.35. The number of Topliss-reactive ketones (excluding diaryl/α,β-unsaturated/α-hetero) is 1. The molecule has 1 amide bonds. The number of amides is 1. The molecule has 2 fully saturated rings. The van der Waals surface area contributed by atoms with Crippen LogP contribution in [0, 0.1) is 50.2 Å². The second-order valence-electron chi connectivity index (χ2n) is 15.1. The van der Waals surface area contributed by atoms with E-state index in [1.165, 1.54) is 0 Å². The fourth-order valence-electron chi connectivity index (χ4n) is 8.35. The van der Waals surface area contributed by atoms with Crippen molar-refractivity contribution in [3.63, 3.8) is 0 Å². The molecule has 3 aliphatic carbocycles. The van der Waals surface area contributed by atoms with Crippen LogP contribution in [0.25, 0.3) is 0 Å². The van der Waals surface area contributed by atoms with Crippen LogP contribution in [0.15, 0.2) is 28.3 Å². The lowest BCUT2D eigenvalue weighted by atomic mass is 9.43. The third-order valence-corrected chi connectivity index (χ3v) is 10.8. The zero-order valence-corrected chi connectivity index (χ0v) is 29.1. The summed E-state index contributed by atoms with van der Waals surface area (Å²) in [6, 6.07) is 2.17. The van der Waals surface area contributed by atoms with Crippen LogP contribution in [-0.4, -0.2) is 51.0 Å². The van der Waals surface area contributed by atoms with Crippen LogP contribution >= 0.6 is 0 Å². The Kier molecular flexibility index (Phi) is 13.3. The maximum absolute atomic E-state index is 13.2. The van der Waals surface area contributed by atoms with Gasteiger partial charge in [0.05, 0.1) is 25.3 Å². The highest BCUT2D eigenvalue weighted by molar-refractivity contribution is 6.04. The molecule has 1 N–H and O–H groups in total. The minimum absolute atomic E-state index is 0.0436. The number of aliphatic imine (C=N–C) groups is 1. The third kappa shape index (κ3) is 8.36. The molecule has 0 aromatic rings. The molecule has 0 radical (unpaired) electrons. The molecule has 0 heterocycles. The van der Waals surface area contributed by atoms with E-state index < -0.39 is 10.8 Å². The van der Waals surface area contributed by atoms with Gasteiger partial charge in [0, 0.05) is 29.0 Å². The summed E-state index contributed by atoms with van der Waals surface area (Å²) in [7, 11) is 0. The smallest absolute Gasteiger partial charge is 0.207 e. The van der Waals surface area contributed by atoms with Crippen molar-refractivity contribution in [3.8, 4) is 6.07 Å². The normalized spacial score (nSPS) is 32.6. The standard InChI is InChI=1S/C35H53N3O4.C2H6/c1-31(2,3)15-16-35(24-37-17-20-42-21-18-38-25-40)13-8-27(9-14-35)33(6)12-10-28-32(4,5)30(41)26(23-36)22-34(28,7)29(33)11-19-39;1-2/h11,19,22,24-25,27-28H,8-10,12-18,20-21H2,1-7H3,(H,38,40);1-2H3/b29-11+,37-24?;. The van der Waals surface area contributed by atoms with E-state index in [1.807, 2.05) is 33.8 Å². The summed E-state index contributed by atoms with van der Waals surface area (Å²) in [5, 5.41) is 12.4. The van der Waals surface area contributed by atoms with E-state index in [4.69, 9.17) is 9.73 Å². The lowest BCUT2D eigenvalue weighted by molar-refractivity contribution is -0.131. The van der Waals surface area contributed by atoms with Gasteiger partial charge in [0.1, 0.15) is 12.4 Å². The van der Waals surface area contributed by atoms with Crippen molar-refractivity contribution < 1.29 is 19.1 Å². The summed E-state index contributed by atoms with van der Waals surface area (Å²) in [5.41, 5.74) is 0.249. The van der Waals surface area contributed by atoms with Crippen LogP contribution in [0.3, 0.4) is 0 Å². The molecular weight excluding hydrogens is 550 g/mol. The predicted octanol–water partition coefficient (Wildman–Crippen LogP) is 7.46. The van der Waals surface area contributed by atoms with Gasteiger partial charge in [-0.3, -0.25) is 19.4 Å². The van der Waals surface area contributed by atoms with Crippen molar-refractivity contribution in [1.29, 1.82) is 5.26 Å². The second kappa shape index (κ2) is 15.6. The second-order valence-corrected chi connectivity index (χ2v) is 15.1. The number of aldehydes is 1. The Hall–Kier alpha value is -2.59. The number of ketones is 1. The first-order valence-corrected chi connectivity index (χ1v) is 16.8. The van der Waals surface area contributed by atoms with E-state index in [0.717, 1.165) is 63.2 Å². The predicted molar refractivity (Wildman–Crippen MR) is 178 cm³/mol. The molecule has 0 saturated heterocycles. The lowest BCUT2D eigenvalue weighted by Crippen LogP contribution is -2.54. The topological polar surface area (TPSA) is 109 Å². The van der Waals surface area contributed by atoms with Crippen LogP contribution in [0.5, 0.6) is 0 Å². The monoisotopic (exact) mass is 609 g/mol. The zero-order chi connectivity index (χ0) is 33.2. The van der Waals surface area contributed by atoms with E-state index in [1.54, 1.807) is 6.08 Å². The summed E-state index contributed by atoms with van der Waals surface area (Å²) in [4.78, 5) is 40.5. The number of ether oxygens (including phenoxy) is 1. The molecule has 246 valence electrons. The van der Waals surface area contributed by atoms with Crippen molar-refractivity contribution in [2.45, 2.75) is 114 Å². The summed E-state index contributed by atoms with van der Waals surface area (Å²) >= 11 is 0. The third-order valence-electron chi connectivity index (χ3n) is 10.8. The van der Waals surface area contributed by atoms with Crippen LogP contribution in [-0.2, 0) is 19.1 Å². The first-order valence-electron chi connectivity index (χ1n) is 16.8. The van der Waals surface area contributed by atoms with Gasteiger partial charge in [-0.1, -0.05) is 74.0 Å². The summed E-state index contributed by atoms with van der Waals surface area (Å²) in [6.45, 7) is 21.4. The van der Waals surface area contributed by atoms with Crippen LogP contribution in [0.2, 0.25) is 0 Å². The molecule has 44 heavy (non-hydrogen) atoms. The Morgan fingerprint density at radius 2 is 1.73 bits per heavy atom. The number of nitriles is 1. The zero-order valence-electron chi connectivity index (χ0n) is 29.1. The quantitative estimate of drug-likeness (QED) is 0.107. The van der Waals surface area contributed by atoms with E-state index in [0.29, 0.717) is 38.6 Å². The lowest BCUT2D eigenvalue weighted by Gasteiger charge is -2.59. The minimum Gasteiger partial charge on any atom is -0.378 e. The van der Waals surface area contributed by atoms with Crippen molar-refractivity contribution in [3.05, 3.63) is 23.3 Å². The van der Waals surface area contributed by atoms with Crippen molar-refractivity contribution in [1.82, 2.24) is 5.32 Å². The van der Waals surface area contributed by atoms with Crippen LogP contribution in [0.1, 0.15) is 114 Å². The van der Waals surface area contributed by atoms with E-state index in [9.17, 15) is 19.6 Å². The average molecular weight is 610 g/mol. The Balaban J connectivity index is 0.00000330. The molecular formula is C37H59N3O4. The van der Waals surface area contributed by atoms with Crippen LogP contribution < -0.4 is 5.32 Å². The molecule has 3 aliphatic rings. The van der Waals surface area contributed by atoms with E-state index >= 15 is 0 Å². The first-order chi connectivity index (χ1) is 20.7. The van der Waals surface area contributed by atoms with Gasteiger partial charge < -0.3 is 10.1 Å². The number of fused-ring (bicyclic) bond motifs is 1. The first kappa shape index (κ1) is 37.6. The van der Waals surface area contributed by atoms with Crippen LogP contribution in [0.4, 0.5) is 0 Å². The Labute approximate surface area is 267 Å². The van der Waals surface area contributed by atoms with Gasteiger partial charge in [-0.15, -0.1) is 0 Å². The Morgan fingerprint density at radius 1 is 1.07 bits per heavy atom. The van der Waals surface area contributed by atoms with Gasteiger partial charge in [-0.05, 0) is 80.1 Å². The van der Waals surface area contributed by atoms with Gasteiger partial charge in [0.15, 0.2) is 5.78 Å². The SMILES string of the molecule is CC.CC(C)(C)CCC1(C=NCCOCCNC=O)CCC(C2(C)CCC3C(C)(C)C(=O)C(C#N)=CC3(C)/C2=C/C=O)CC1. The van der Waals surface area contributed by atoms with E-state index in [-0.39, 0.29) is 33.5 Å². The van der Waals surface area contributed by atoms with Crippen molar-refractivity contribution in [2.24, 2.45) is 43.9 Å². The van der Waals surface area contributed by atoms with Gasteiger partial charge in [-0.2, -0.15) is 5.26 Å². The number of allylic oxidation sites excluding steroid dienone is 4. The molecule has 7 nitrogen and oxygen atoms in total. The van der Waals surface area contributed by atoms with Gasteiger partial charge in [0.25, 0.3) is 0 Å². The van der Waals surface area contributed by atoms with E-state index in [2.05, 4.69) is 52.2 Å². The Bertz CT molecular complexity index is 1130. The molecule has 0 aromatic heterocycles. The van der Waals surface area contributed by atoms with Crippen molar-refractivity contribution in [2.75, 3.05) is 26.3 Å². The number of carbonyl (C=O) groups excluding carboxylic acids is 3. The molecule has 2 saturated carbocycles. The number of nitrogens with one attached hydrogen (secondary N) is 1. The number of hydrogen-bond donors (Lipinski definition) is 1. The maximum Gasteiger partial charge on any atom is 0.207 e. The largest absolute Gasteiger partial charge is 0.378 e. The molecule has 0 bridgehead atoms. The van der Waals surface area contributed by atoms with Crippen molar-refractivity contribution >= 4 is 24.7 Å². The summed E-state index contributed by atoms with van der Waals surface area (Å²) < 4.78 is 5.59. The molecule has 0 aromatic carbocycles. The molecule has 3 atom stereocenters. The molecule has 0 aliphatic heterocycles.